The van der Waals surface area contributed by atoms with Crippen LogP contribution in [0, 0.1) is 12.3 Å². The van der Waals surface area contributed by atoms with E-state index in [0.29, 0.717) is 11.5 Å². The molecule has 0 amide bonds. The van der Waals surface area contributed by atoms with Crippen LogP contribution < -0.4 is 5.32 Å². The molecule has 0 bridgehead atoms. The molecule has 4 nitrogen and oxygen atoms in total. The standard InChI is InChI=1S/C15H20N4/c1-11(15(3)6-7-15)18-13-5-4-8-17-14(13)19-10-9-16-12(19)2/h4-5,8-11,18H,6-7H2,1-3H3. The molecule has 1 unspecified atom stereocenters. The van der Waals surface area contributed by atoms with Crippen molar-refractivity contribution in [2.45, 2.75) is 39.7 Å². The topological polar surface area (TPSA) is 42.7 Å². The second-order valence-corrected chi connectivity index (χ2v) is 5.74. The van der Waals surface area contributed by atoms with Crippen molar-refractivity contribution in [1.82, 2.24) is 14.5 Å². The van der Waals surface area contributed by atoms with Gasteiger partial charge in [0.2, 0.25) is 0 Å². The number of anilines is 1. The van der Waals surface area contributed by atoms with E-state index in [4.69, 9.17) is 0 Å². The van der Waals surface area contributed by atoms with E-state index in [9.17, 15) is 0 Å². The number of hydrogen-bond donors (Lipinski definition) is 1. The van der Waals surface area contributed by atoms with Gasteiger partial charge in [0.15, 0.2) is 5.82 Å². The molecular formula is C15H20N4. The maximum absolute atomic E-state index is 4.50. The Bertz CT molecular complexity index is 583. The van der Waals surface area contributed by atoms with Crippen LogP contribution in [-0.4, -0.2) is 20.6 Å². The van der Waals surface area contributed by atoms with E-state index < -0.39 is 0 Å². The predicted octanol–water partition coefficient (Wildman–Crippen LogP) is 3.18. The number of nitrogens with one attached hydrogen (secondary N) is 1. The fourth-order valence-electron chi connectivity index (χ4n) is 2.34. The number of aromatic nitrogens is 3. The summed E-state index contributed by atoms with van der Waals surface area (Å²) in [5.41, 5.74) is 1.51. The summed E-state index contributed by atoms with van der Waals surface area (Å²) < 4.78 is 2.02. The first-order chi connectivity index (χ1) is 9.10. The van der Waals surface area contributed by atoms with Gasteiger partial charge in [-0.2, -0.15) is 0 Å². The normalized spacial score (nSPS) is 18.1. The maximum Gasteiger partial charge on any atom is 0.161 e. The van der Waals surface area contributed by atoms with Crippen molar-refractivity contribution in [1.29, 1.82) is 0 Å². The van der Waals surface area contributed by atoms with Crippen LogP contribution in [0.15, 0.2) is 30.7 Å². The van der Waals surface area contributed by atoms with Crippen LogP contribution in [0.1, 0.15) is 32.5 Å². The predicted molar refractivity (Wildman–Crippen MR) is 76.5 cm³/mol. The molecule has 1 N–H and O–H groups in total. The quantitative estimate of drug-likeness (QED) is 0.913. The summed E-state index contributed by atoms with van der Waals surface area (Å²) in [4.78, 5) is 8.77. The third-order valence-electron chi connectivity index (χ3n) is 4.30. The van der Waals surface area contributed by atoms with Gasteiger partial charge in [-0.15, -0.1) is 0 Å². The average Bonchev–Trinajstić information content (AvgIpc) is 3.01. The van der Waals surface area contributed by atoms with Crippen molar-refractivity contribution in [3.63, 3.8) is 0 Å². The molecule has 2 aromatic heterocycles. The Morgan fingerprint density at radius 3 is 2.74 bits per heavy atom. The fraction of sp³-hybridized carbons (Fsp3) is 0.467. The SMILES string of the molecule is Cc1nccn1-c1ncccc1NC(C)C1(C)CC1. The average molecular weight is 256 g/mol. The van der Waals surface area contributed by atoms with Gasteiger partial charge in [0.1, 0.15) is 5.82 Å². The molecule has 2 heterocycles. The van der Waals surface area contributed by atoms with E-state index in [-0.39, 0.29) is 0 Å². The van der Waals surface area contributed by atoms with Crippen LogP contribution in [0.4, 0.5) is 5.69 Å². The highest BCUT2D eigenvalue weighted by Gasteiger charge is 2.42. The van der Waals surface area contributed by atoms with Gasteiger partial charge in [0, 0.05) is 24.6 Å². The Hall–Kier alpha value is -1.84. The molecule has 0 aromatic carbocycles. The molecule has 1 aliphatic rings. The van der Waals surface area contributed by atoms with Gasteiger partial charge in [-0.3, -0.25) is 4.57 Å². The molecule has 19 heavy (non-hydrogen) atoms. The highest BCUT2D eigenvalue weighted by Crippen LogP contribution is 2.49. The number of pyridine rings is 1. The number of imidazole rings is 1. The summed E-state index contributed by atoms with van der Waals surface area (Å²) in [5.74, 6) is 1.88. The summed E-state index contributed by atoms with van der Waals surface area (Å²) in [6.45, 7) is 6.58. The Kier molecular flexibility index (Phi) is 2.81. The van der Waals surface area contributed by atoms with Crippen LogP contribution in [0.25, 0.3) is 5.82 Å². The van der Waals surface area contributed by atoms with Crippen LogP contribution in [0.2, 0.25) is 0 Å². The summed E-state index contributed by atoms with van der Waals surface area (Å²) in [7, 11) is 0. The molecular weight excluding hydrogens is 236 g/mol. The lowest BCUT2D eigenvalue weighted by molar-refractivity contribution is 0.493. The van der Waals surface area contributed by atoms with Crippen LogP contribution in [0.3, 0.4) is 0 Å². The minimum absolute atomic E-state index is 0.442. The Morgan fingerprint density at radius 1 is 1.32 bits per heavy atom. The molecule has 0 aliphatic heterocycles. The van der Waals surface area contributed by atoms with Crippen molar-refractivity contribution in [3.8, 4) is 5.82 Å². The Balaban J connectivity index is 1.92. The Morgan fingerprint density at radius 2 is 2.11 bits per heavy atom. The fourth-order valence-corrected chi connectivity index (χ4v) is 2.34. The van der Waals surface area contributed by atoms with Gasteiger partial charge >= 0.3 is 0 Å². The zero-order valence-corrected chi connectivity index (χ0v) is 11.7. The van der Waals surface area contributed by atoms with E-state index in [2.05, 4.69) is 35.2 Å². The highest BCUT2D eigenvalue weighted by atomic mass is 15.1. The minimum Gasteiger partial charge on any atom is -0.379 e. The zero-order valence-electron chi connectivity index (χ0n) is 11.7. The first kappa shape index (κ1) is 12.2. The summed E-state index contributed by atoms with van der Waals surface area (Å²) in [6, 6.07) is 4.52. The van der Waals surface area contributed by atoms with Gasteiger partial charge < -0.3 is 5.32 Å². The van der Waals surface area contributed by atoms with Crippen molar-refractivity contribution in [2.75, 3.05) is 5.32 Å². The number of rotatable bonds is 4. The number of aryl methyl sites for hydroxylation is 1. The number of hydrogen-bond acceptors (Lipinski definition) is 3. The van der Waals surface area contributed by atoms with Crippen molar-refractivity contribution < 1.29 is 0 Å². The number of nitrogens with zero attached hydrogens (tertiary/aromatic N) is 3. The maximum atomic E-state index is 4.50. The van der Waals surface area contributed by atoms with Gasteiger partial charge in [-0.05, 0) is 44.2 Å². The van der Waals surface area contributed by atoms with Gasteiger partial charge in [0.05, 0.1) is 5.69 Å². The second kappa shape index (κ2) is 4.37. The first-order valence-electron chi connectivity index (χ1n) is 6.82. The van der Waals surface area contributed by atoms with Gasteiger partial charge in [0.25, 0.3) is 0 Å². The van der Waals surface area contributed by atoms with Gasteiger partial charge in [-0.25, -0.2) is 9.97 Å². The summed E-state index contributed by atoms with van der Waals surface area (Å²) in [5, 5.41) is 3.62. The molecule has 0 saturated heterocycles. The summed E-state index contributed by atoms with van der Waals surface area (Å²) >= 11 is 0. The molecule has 1 saturated carbocycles. The van der Waals surface area contributed by atoms with Crippen LogP contribution in [-0.2, 0) is 0 Å². The van der Waals surface area contributed by atoms with Crippen molar-refractivity contribution in [2.24, 2.45) is 5.41 Å². The second-order valence-electron chi connectivity index (χ2n) is 5.74. The lowest BCUT2D eigenvalue weighted by atomic mass is 10.0. The van der Waals surface area contributed by atoms with E-state index in [1.54, 1.807) is 6.20 Å². The zero-order chi connectivity index (χ0) is 13.5. The van der Waals surface area contributed by atoms with E-state index in [1.165, 1.54) is 12.8 Å². The molecule has 0 spiro atoms. The largest absolute Gasteiger partial charge is 0.379 e. The van der Waals surface area contributed by atoms with Gasteiger partial charge in [-0.1, -0.05) is 6.92 Å². The molecule has 1 aliphatic carbocycles. The molecule has 3 rings (SSSR count). The van der Waals surface area contributed by atoms with E-state index in [0.717, 1.165) is 17.3 Å². The van der Waals surface area contributed by atoms with Crippen molar-refractivity contribution in [3.05, 3.63) is 36.5 Å². The third-order valence-corrected chi connectivity index (χ3v) is 4.30. The Labute approximate surface area is 113 Å². The van der Waals surface area contributed by atoms with Crippen LogP contribution in [0.5, 0.6) is 0 Å². The van der Waals surface area contributed by atoms with Crippen molar-refractivity contribution >= 4 is 5.69 Å². The molecule has 2 aromatic rings. The third kappa shape index (κ3) is 2.23. The monoisotopic (exact) mass is 256 g/mol. The molecule has 1 atom stereocenters. The lowest BCUT2D eigenvalue weighted by Gasteiger charge is -2.23. The lowest BCUT2D eigenvalue weighted by Crippen LogP contribution is -2.25. The van der Waals surface area contributed by atoms with E-state index in [1.807, 2.05) is 30.0 Å². The van der Waals surface area contributed by atoms with Crippen LogP contribution >= 0.6 is 0 Å². The molecule has 100 valence electrons. The molecule has 4 heteroatoms. The highest BCUT2D eigenvalue weighted by molar-refractivity contribution is 5.58. The smallest absolute Gasteiger partial charge is 0.161 e. The minimum atomic E-state index is 0.442. The molecule has 1 fully saturated rings. The first-order valence-corrected chi connectivity index (χ1v) is 6.82. The summed E-state index contributed by atoms with van der Waals surface area (Å²) in [6.07, 6.45) is 8.19. The molecule has 0 radical (unpaired) electrons. The van der Waals surface area contributed by atoms with E-state index >= 15 is 0 Å².